The van der Waals surface area contributed by atoms with Gasteiger partial charge in [-0.1, -0.05) is 28.1 Å². The molecule has 0 fully saturated rings. The molecule has 2 aromatic carbocycles. The van der Waals surface area contributed by atoms with Crippen LogP contribution >= 0.6 is 15.9 Å². The van der Waals surface area contributed by atoms with Gasteiger partial charge in [0.25, 0.3) is 0 Å². The first kappa shape index (κ1) is 11.6. The van der Waals surface area contributed by atoms with Crippen molar-refractivity contribution in [2.75, 3.05) is 0 Å². The predicted octanol–water partition coefficient (Wildman–Crippen LogP) is 4.25. The molecule has 0 unspecified atom stereocenters. The number of rotatable bonds is 2. The molecule has 84 valence electrons. The van der Waals surface area contributed by atoms with Crippen LogP contribution in [0.15, 0.2) is 46.9 Å². The number of benzene rings is 2. The Morgan fingerprint density at radius 3 is 2.65 bits per heavy atom. The molecule has 0 aromatic heterocycles. The molecule has 4 heteroatoms. The van der Waals surface area contributed by atoms with Gasteiger partial charge in [0.15, 0.2) is 11.6 Å². The van der Waals surface area contributed by atoms with Crippen LogP contribution in [0.1, 0.15) is 5.56 Å². The third kappa shape index (κ3) is 2.63. The lowest BCUT2D eigenvalue weighted by Gasteiger charge is -2.08. The van der Waals surface area contributed by atoms with E-state index in [1.54, 1.807) is 30.3 Å². The fraction of sp³-hybridized carbons (Fsp3) is 0. The maximum absolute atomic E-state index is 13.5. The Balaban J connectivity index is 2.38. The second-order valence-electron chi connectivity index (χ2n) is 3.28. The van der Waals surface area contributed by atoms with Crippen molar-refractivity contribution in [3.63, 3.8) is 0 Å². The Labute approximate surface area is 106 Å². The predicted molar refractivity (Wildman–Crippen MR) is 65.3 cm³/mol. The van der Waals surface area contributed by atoms with E-state index in [0.717, 1.165) is 0 Å². The lowest BCUT2D eigenvalue weighted by Crippen LogP contribution is -1.90. The Bertz CT molecular complexity index is 592. The lowest BCUT2D eigenvalue weighted by molar-refractivity contribution is 0.441. The average Bonchev–Trinajstić information content (AvgIpc) is 2.34. The molecule has 2 rings (SSSR count). The van der Waals surface area contributed by atoms with Crippen molar-refractivity contribution in [3.8, 4) is 17.6 Å². The Morgan fingerprint density at radius 1 is 1.12 bits per heavy atom. The Kier molecular flexibility index (Phi) is 3.40. The molecule has 0 saturated heterocycles. The molecule has 0 aliphatic heterocycles. The van der Waals surface area contributed by atoms with Gasteiger partial charge < -0.3 is 4.74 Å². The molecule has 17 heavy (non-hydrogen) atoms. The van der Waals surface area contributed by atoms with E-state index < -0.39 is 5.82 Å². The smallest absolute Gasteiger partial charge is 0.165 e. The minimum Gasteiger partial charge on any atom is -0.453 e. The highest BCUT2D eigenvalue weighted by atomic mass is 79.9. The quantitative estimate of drug-likeness (QED) is 0.828. The van der Waals surface area contributed by atoms with Gasteiger partial charge in [0.1, 0.15) is 11.8 Å². The number of nitrogens with zero attached hydrogens (tertiary/aromatic N) is 1. The average molecular weight is 292 g/mol. The van der Waals surface area contributed by atoms with Crippen molar-refractivity contribution in [1.29, 1.82) is 5.26 Å². The number of nitriles is 1. The van der Waals surface area contributed by atoms with Crippen LogP contribution in [0.4, 0.5) is 4.39 Å². The SMILES string of the molecule is N#Cc1ccccc1Oc1cc(Br)ccc1F. The van der Waals surface area contributed by atoms with Crippen LogP contribution < -0.4 is 4.74 Å². The molecule has 0 N–H and O–H groups in total. The molecule has 0 atom stereocenters. The van der Waals surface area contributed by atoms with Crippen molar-refractivity contribution < 1.29 is 9.13 Å². The number of hydrogen-bond acceptors (Lipinski definition) is 2. The summed E-state index contributed by atoms with van der Waals surface area (Å²) >= 11 is 3.23. The molecule has 0 aliphatic rings. The van der Waals surface area contributed by atoms with Gasteiger partial charge >= 0.3 is 0 Å². The van der Waals surface area contributed by atoms with Gasteiger partial charge in [0.05, 0.1) is 5.56 Å². The van der Waals surface area contributed by atoms with Crippen LogP contribution in [0, 0.1) is 17.1 Å². The lowest BCUT2D eigenvalue weighted by atomic mass is 10.2. The van der Waals surface area contributed by atoms with Crippen LogP contribution in [-0.2, 0) is 0 Å². The van der Waals surface area contributed by atoms with Crippen molar-refractivity contribution >= 4 is 15.9 Å². The van der Waals surface area contributed by atoms with Gasteiger partial charge in [-0.2, -0.15) is 5.26 Å². The molecule has 0 radical (unpaired) electrons. The highest BCUT2D eigenvalue weighted by Crippen LogP contribution is 2.29. The third-order valence-corrected chi connectivity index (χ3v) is 2.61. The molecule has 0 bridgehead atoms. The zero-order valence-corrected chi connectivity index (χ0v) is 10.2. The number of ether oxygens (including phenoxy) is 1. The Morgan fingerprint density at radius 2 is 1.88 bits per heavy atom. The zero-order chi connectivity index (χ0) is 12.3. The minimum atomic E-state index is -0.471. The number of para-hydroxylation sites is 1. The van der Waals surface area contributed by atoms with E-state index in [4.69, 9.17) is 10.00 Å². The summed E-state index contributed by atoms with van der Waals surface area (Å²) in [6.45, 7) is 0. The molecule has 0 spiro atoms. The van der Waals surface area contributed by atoms with Crippen LogP contribution in [0.3, 0.4) is 0 Å². The van der Waals surface area contributed by atoms with E-state index in [1.807, 2.05) is 6.07 Å². The summed E-state index contributed by atoms with van der Waals surface area (Å²) in [5.74, 6) is -0.0463. The fourth-order valence-electron chi connectivity index (χ4n) is 1.32. The van der Waals surface area contributed by atoms with Crippen LogP contribution in [0.5, 0.6) is 11.5 Å². The van der Waals surface area contributed by atoms with Gasteiger partial charge in [-0.25, -0.2) is 4.39 Å². The van der Waals surface area contributed by atoms with Crippen LogP contribution in [-0.4, -0.2) is 0 Å². The third-order valence-electron chi connectivity index (χ3n) is 2.12. The summed E-state index contributed by atoms with van der Waals surface area (Å²) in [6.07, 6.45) is 0. The minimum absolute atomic E-state index is 0.0853. The maximum atomic E-state index is 13.5. The largest absolute Gasteiger partial charge is 0.453 e. The fourth-order valence-corrected chi connectivity index (χ4v) is 1.66. The van der Waals surface area contributed by atoms with E-state index >= 15 is 0 Å². The second-order valence-corrected chi connectivity index (χ2v) is 4.20. The van der Waals surface area contributed by atoms with Crippen LogP contribution in [0.2, 0.25) is 0 Å². The molecular weight excluding hydrogens is 285 g/mol. The highest BCUT2D eigenvalue weighted by Gasteiger charge is 2.08. The first-order valence-corrected chi connectivity index (χ1v) is 5.62. The standard InChI is InChI=1S/C13H7BrFNO/c14-10-5-6-11(15)13(7-10)17-12-4-2-1-3-9(12)8-16/h1-7H. The molecule has 0 amide bonds. The first-order valence-electron chi connectivity index (χ1n) is 4.83. The molecular formula is C13H7BrFNO. The van der Waals surface area contributed by atoms with Gasteiger partial charge in [-0.3, -0.25) is 0 Å². The highest BCUT2D eigenvalue weighted by molar-refractivity contribution is 9.10. The van der Waals surface area contributed by atoms with E-state index in [9.17, 15) is 4.39 Å². The van der Waals surface area contributed by atoms with E-state index in [1.165, 1.54) is 12.1 Å². The Hall–Kier alpha value is -1.86. The number of hydrogen-bond donors (Lipinski definition) is 0. The van der Waals surface area contributed by atoms with Gasteiger partial charge in [-0.05, 0) is 30.3 Å². The van der Waals surface area contributed by atoms with E-state index in [0.29, 0.717) is 15.8 Å². The van der Waals surface area contributed by atoms with Crippen LogP contribution in [0.25, 0.3) is 0 Å². The van der Waals surface area contributed by atoms with Crippen molar-refractivity contribution in [2.24, 2.45) is 0 Å². The summed E-state index contributed by atoms with van der Waals surface area (Å²) in [4.78, 5) is 0. The normalized spacial score (nSPS) is 9.71. The monoisotopic (exact) mass is 291 g/mol. The molecule has 0 heterocycles. The van der Waals surface area contributed by atoms with Crippen molar-refractivity contribution in [2.45, 2.75) is 0 Å². The number of halogens is 2. The van der Waals surface area contributed by atoms with Crippen molar-refractivity contribution in [3.05, 3.63) is 58.3 Å². The summed E-state index contributed by atoms with van der Waals surface area (Å²) in [7, 11) is 0. The van der Waals surface area contributed by atoms with E-state index in [2.05, 4.69) is 15.9 Å². The summed E-state index contributed by atoms with van der Waals surface area (Å²) < 4.78 is 19.6. The molecule has 2 nitrogen and oxygen atoms in total. The molecule has 0 saturated carbocycles. The zero-order valence-electron chi connectivity index (χ0n) is 8.65. The summed E-state index contributed by atoms with van der Waals surface area (Å²) in [5.41, 5.74) is 0.367. The van der Waals surface area contributed by atoms with Crippen molar-refractivity contribution in [1.82, 2.24) is 0 Å². The summed E-state index contributed by atoms with van der Waals surface area (Å²) in [5, 5.41) is 8.89. The summed E-state index contributed by atoms with van der Waals surface area (Å²) in [6, 6.07) is 13.1. The maximum Gasteiger partial charge on any atom is 0.165 e. The topological polar surface area (TPSA) is 33.0 Å². The van der Waals surface area contributed by atoms with Gasteiger partial charge in [0, 0.05) is 4.47 Å². The van der Waals surface area contributed by atoms with Gasteiger partial charge in [-0.15, -0.1) is 0 Å². The second kappa shape index (κ2) is 4.98. The van der Waals surface area contributed by atoms with Gasteiger partial charge in [0.2, 0.25) is 0 Å². The first-order chi connectivity index (χ1) is 8.20. The molecule has 0 aliphatic carbocycles. The van der Waals surface area contributed by atoms with E-state index in [-0.39, 0.29) is 5.75 Å². The molecule has 2 aromatic rings.